The van der Waals surface area contributed by atoms with Crippen LogP contribution in [-0.4, -0.2) is 15.0 Å². The topological polar surface area (TPSA) is 38.7 Å². The molecule has 0 saturated carbocycles. The molecule has 15 heavy (non-hydrogen) atoms. The minimum Gasteiger partial charge on any atom is -0.258 e. The maximum atomic E-state index is 4.43. The van der Waals surface area contributed by atoms with Crippen molar-refractivity contribution in [3.8, 4) is 0 Å². The average molecular weight is 201 g/mol. The summed E-state index contributed by atoms with van der Waals surface area (Å²) in [7, 11) is 0. The van der Waals surface area contributed by atoms with Crippen LogP contribution in [0.5, 0.6) is 0 Å². The Hall–Kier alpha value is -1.51. The molecule has 0 fully saturated rings. The highest BCUT2D eigenvalue weighted by Gasteiger charge is 2.16. The quantitative estimate of drug-likeness (QED) is 0.657. The van der Waals surface area contributed by atoms with E-state index >= 15 is 0 Å². The van der Waals surface area contributed by atoms with Gasteiger partial charge in [0.2, 0.25) is 0 Å². The van der Waals surface area contributed by atoms with Gasteiger partial charge in [-0.2, -0.15) is 0 Å². The van der Waals surface area contributed by atoms with Crippen LogP contribution in [0.1, 0.15) is 32.2 Å². The second kappa shape index (κ2) is 3.26. The van der Waals surface area contributed by atoms with E-state index in [0.717, 1.165) is 22.3 Å². The molecule has 0 unspecified atom stereocenters. The summed E-state index contributed by atoms with van der Waals surface area (Å²) in [4.78, 5) is 12.8. The van der Waals surface area contributed by atoms with Gasteiger partial charge in [0.25, 0.3) is 0 Å². The molecule has 2 rings (SSSR count). The number of hydrogen-bond donors (Lipinski definition) is 0. The molecule has 0 amide bonds. The van der Waals surface area contributed by atoms with Gasteiger partial charge >= 0.3 is 0 Å². The fourth-order valence-electron chi connectivity index (χ4n) is 1.50. The highest BCUT2D eigenvalue weighted by molar-refractivity contribution is 5.80. The van der Waals surface area contributed by atoms with Crippen LogP contribution >= 0.6 is 0 Å². The molecule has 0 saturated heterocycles. The van der Waals surface area contributed by atoms with E-state index in [2.05, 4.69) is 41.8 Å². The first-order chi connectivity index (χ1) is 6.98. The van der Waals surface area contributed by atoms with E-state index in [1.54, 1.807) is 6.33 Å². The third-order valence-electron chi connectivity index (χ3n) is 2.49. The molecule has 0 atom stereocenters. The predicted octanol–water partition coefficient (Wildman–Crippen LogP) is 2.63. The fraction of sp³-hybridized carbons (Fsp3) is 0.417. The number of rotatable bonds is 0. The van der Waals surface area contributed by atoms with Gasteiger partial charge in [-0.3, -0.25) is 4.98 Å². The van der Waals surface area contributed by atoms with Crippen molar-refractivity contribution >= 4 is 10.9 Å². The lowest BCUT2D eigenvalue weighted by Crippen LogP contribution is -2.13. The minimum absolute atomic E-state index is 0.0659. The molecule has 0 N–H and O–H groups in total. The Morgan fingerprint density at radius 3 is 2.47 bits per heavy atom. The third-order valence-corrected chi connectivity index (χ3v) is 2.49. The highest BCUT2D eigenvalue weighted by Crippen LogP contribution is 2.23. The van der Waals surface area contributed by atoms with Gasteiger partial charge in [-0.1, -0.05) is 20.8 Å². The summed E-state index contributed by atoms with van der Waals surface area (Å²) in [6.07, 6.45) is 3.40. The Kier molecular flexibility index (Phi) is 2.18. The van der Waals surface area contributed by atoms with Gasteiger partial charge in [0, 0.05) is 22.2 Å². The number of aryl methyl sites for hydroxylation is 1. The van der Waals surface area contributed by atoms with Crippen molar-refractivity contribution in [1.29, 1.82) is 0 Å². The number of pyridine rings is 1. The summed E-state index contributed by atoms with van der Waals surface area (Å²) < 4.78 is 0. The first-order valence-corrected chi connectivity index (χ1v) is 5.06. The van der Waals surface area contributed by atoms with Crippen molar-refractivity contribution in [3.63, 3.8) is 0 Å². The molecule has 2 heterocycles. The Labute approximate surface area is 89.6 Å². The Balaban J connectivity index is 2.70. The molecule has 0 bridgehead atoms. The molecule has 3 heteroatoms. The Morgan fingerprint density at radius 2 is 1.80 bits per heavy atom. The van der Waals surface area contributed by atoms with Crippen molar-refractivity contribution in [3.05, 3.63) is 30.0 Å². The smallest absolute Gasteiger partial charge is 0.116 e. The molecule has 0 aromatic carbocycles. The second-order valence-electron chi connectivity index (χ2n) is 4.80. The largest absolute Gasteiger partial charge is 0.258 e. The van der Waals surface area contributed by atoms with Gasteiger partial charge in [-0.15, -0.1) is 0 Å². The van der Waals surface area contributed by atoms with Gasteiger partial charge in [-0.05, 0) is 13.0 Å². The summed E-state index contributed by atoms with van der Waals surface area (Å²) in [5.74, 6) is 0. The summed E-state index contributed by atoms with van der Waals surface area (Å²) in [5, 5.41) is 1.09. The van der Waals surface area contributed by atoms with E-state index < -0.39 is 0 Å². The fourth-order valence-corrected chi connectivity index (χ4v) is 1.50. The van der Waals surface area contributed by atoms with Gasteiger partial charge < -0.3 is 0 Å². The number of fused-ring (bicyclic) bond motifs is 1. The molecule has 0 aliphatic carbocycles. The second-order valence-corrected chi connectivity index (χ2v) is 4.80. The van der Waals surface area contributed by atoms with Crippen LogP contribution in [0.4, 0.5) is 0 Å². The lowest BCUT2D eigenvalue weighted by molar-refractivity contribution is 0.570. The lowest BCUT2D eigenvalue weighted by atomic mass is 9.91. The molecular weight excluding hydrogens is 186 g/mol. The molecule has 78 valence electrons. The molecule has 0 aliphatic heterocycles. The van der Waals surface area contributed by atoms with Crippen molar-refractivity contribution in [2.75, 3.05) is 0 Å². The zero-order chi connectivity index (χ0) is 11.1. The SMILES string of the molecule is Cc1ncnc2cnc(C(C)(C)C)cc12. The van der Waals surface area contributed by atoms with E-state index in [0.29, 0.717) is 0 Å². The van der Waals surface area contributed by atoms with Crippen LogP contribution in [0.15, 0.2) is 18.6 Å². The molecule has 2 aromatic rings. The van der Waals surface area contributed by atoms with E-state index in [4.69, 9.17) is 0 Å². The maximum absolute atomic E-state index is 4.43. The van der Waals surface area contributed by atoms with Crippen LogP contribution in [0, 0.1) is 6.92 Å². The normalized spacial score (nSPS) is 12.0. The monoisotopic (exact) mass is 201 g/mol. The predicted molar refractivity (Wildman–Crippen MR) is 60.8 cm³/mol. The average Bonchev–Trinajstić information content (AvgIpc) is 2.16. The molecule has 2 aromatic heterocycles. The van der Waals surface area contributed by atoms with Crippen LogP contribution < -0.4 is 0 Å². The van der Waals surface area contributed by atoms with Crippen LogP contribution in [0.25, 0.3) is 10.9 Å². The van der Waals surface area contributed by atoms with Gasteiger partial charge in [-0.25, -0.2) is 9.97 Å². The minimum atomic E-state index is 0.0659. The summed E-state index contributed by atoms with van der Waals surface area (Å²) in [6.45, 7) is 8.46. The first kappa shape index (κ1) is 10.0. The number of aromatic nitrogens is 3. The molecule has 0 spiro atoms. The van der Waals surface area contributed by atoms with Crippen molar-refractivity contribution < 1.29 is 0 Å². The van der Waals surface area contributed by atoms with E-state index in [1.807, 2.05) is 13.1 Å². The molecule has 0 radical (unpaired) electrons. The van der Waals surface area contributed by atoms with Gasteiger partial charge in [0.05, 0.1) is 11.7 Å². The maximum Gasteiger partial charge on any atom is 0.116 e. The van der Waals surface area contributed by atoms with Crippen molar-refractivity contribution in [2.45, 2.75) is 33.1 Å². The first-order valence-electron chi connectivity index (χ1n) is 5.06. The van der Waals surface area contributed by atoms with Crippen molar-refractivity contribution in [2.24, 2.45) is 0 Å². The summed E-state index contributed by atoms with van der Waals surface area (Å²) in [6, 6.07) is 2.09. The summed E-state index contributed by atoms with van der Waals surface area (Å²) in [5.41, 5.74) is 3.06. The Bertz CT molecular complexity index is 498. The van der Waals surface area contributed by atoms with Gasteiger partial charge in [0.1, 0.15) is 6.33 Å². The molecule has 3 nitrogen and oxygen atoms in total. The van der Waals surface area contributed by atoms with Crippen LogP contribution in [0.2, 0.25) is 0 Å². The summed E-state index contributed by atoms with van der Waals surface area (Å²) >= 11 is 0. The Morgan fingerprint density at radius 1 is 1.07 bits per heavy atom. The molecule has 0 aliphatic rings. The highest BCUT2D eigenvalue weighted by atomic mass is 14.8. The zero-order valence-electron chi connectivity index (χ0n) is 9.57. The standard InChI is InChI=1S/C12H15N3/c1-8-9-5-11(12(2,3)4)13-6-10(9)15-7-14-8/h5-7H,1-4H3. The van der Waals surface area contributed by atoms with Crippen molar-refractivity contribution in [1.82, 2.24) is 15.0 Å². The van der Waals surface area contributed by atoms with Gasteiger partial charge in [0.15, 0.2) is 0 Å². The molecular formula is C12H15N3. The van der Waals surface area contributed by atoms with E-state index in [1.165, 1.54) is 0 Å². The van der Waals surface area contributed by atoms with Crippen LogP contribution in [0.3, 0.4) is 0 Å². The lowest BCUT2D eigenvalue weighted by Gasteiger charge is -2.17. The third kappa shape index (κ3) is 1.82. The zero-order valence-corrected chi connectivity index (χ0v) is 9.57. The van der Waals surface area contributed by atoms with Crippen LogP contribution in [-0.2, 0) is 5.41 Å². The van der Waals surface area contributed by atoms with E-state index in [9.17, 15) is 0 Å². The number of nitrogens with zero attached hydrogens (tertiary/aromatic N) is 3. The van der Waals surface area contributed by atoms with E-state index in [-0.39, 0.29) is 5.41 Å². The number of hydrogen-bond acceptors (Lipinski definition) is 3.